The fraction of sp³-hybridized carbons (Fsp3) is 0.750. The summed E-state index contributed by atoms with van der Waals surface area (Å²) in [5, 5.41) is 0. The van der Waals surface area contributed by atoms with Gasteiger partial charge in [0.15, 0.2) is 0 Å². The Morgan fingerprint density at radius 3 is 2.18 bits per heavy atom. The SMILES string of the molecule is CCC(=O)CN1CCN(c2ccc(N3CCOCC3)cc2C2CCC(CC)(CC)CC2)CC1.Cl. The van der Waals surface area contributed by atoms with E-state index in [4.69, 9.17) is 4.74 Å². The lowest BCUT2D eigenvalue weighted by Gasteiger charge is -2.42. The molecule has 4 rings (SSSR count). The highest BCUT2D eigenvalue weighted by Crippen LogP contribution is 2.49. The normalized spacial score (nSPS) is 21.9. The lowest BCUT2D eigenvalue weighted by atomic mass is 9.66. The molecule has 1 aromatic rings. The Bertz CT molecular complexity index is 774. The van der Waals surface area contributed by atoms with Crippen molar-refractivity contribution in [2.24, 2.45) is 5.41 Å². The molecule has 2 heterocycles. The van der Waals surface area contributed by atoms with Crippen molar-refractivity contribution in [1.29, 1.82) is 0 Å². The van der Waals surface area contributed by atoms with Crippen molar-refractivity contribution >= 4 is 29.6 Å². The topological polar surface area (TPSA) is 36.0 Å². The zero-order chi connectivity index (χ0) is 23.3. The fourth-order valence-corrected chi connectivity index (χ4v) is 6.18. The second-order valence-corrected chi connectivity index (χ2v) is 10.5. The van der Waals surface area contributed by atoms with Crippen LogP contribution < -0.4 is 9.80 Å². The number of hydrogen-bond acceptors (Lipinski definition) is 5. The van der Waals surface area contributed by atoms with E-state index in [1.54, 1.807) is 5.56 Å². The highest BCUT2D eigenvalue weighted by atomic mass is 35.5. The molecule has 1 saturated carbocycles. The molecule has 0 amide bonds. The number of piperazine rings is 1. The number of anilines is 2. The third-order valence-corrected chi connectivity index (χ3v) is 8.88. The highest BCUT2D eigenvalue weighted by Gasteiger charge is 2.34. The van der Waals surface area contributed by atoms with Gasteiger partial charge in [0.2, 0.25) is 0 Å². The Morgan fingerprint density at radius 1 is 0.941 bits per heavy atom. The van der Waals surface area contributed by atoms with Crippen LogP contribution in [0.3, 0.4) is 0 Å². The van der Waals surface area contributed by atoms with Crippen LogP contribution in [0, 0.1) is 5.41 Å². The Balaban J connectivity index is 0.00000324. The summed E-state index contributed by atoms with van der Waals surface area (Å²) in [6.07, 6.45) is 8.62. The van der Waals surface area contributed by atoms with E-state index in [1.807, 2.05) is 6.92 Å². The Morgan fingerprint density at radius 2 is 1.59 bits per heavy atom. The molecule has 0 N–H and O–H groups in total. The summed E-state index contributed by atoms with van der Waals surface area (Å²) in [6.45, 7) is 15.0. The van der Waals surface area contributed by atoms with Crippen LogP contribution in [-0.4, -0.2) is 69.7 Å². The predicted octanol–water partition coefficient (Wildman–Crippen LogP) is 5.51. The number of carbonyl (C=O) groups excluding carboxylic acids is 1. The zero-order valence-electron chi connectivity index (χ0n) is 21.7. The van der Waals surface area contributed by atoms with Gasteiger partial charge in [0.25, 0.3) is 0 Å². The van der Waals surface area contributed by atoms with E-state index >= 15 is 0 Å². The van der Waals surface area contributed by atoms with Gasteiger partial charge in [-0.05, 0) is 60.8 Å². The summed E-state index contributed by atoms with van der Waals surface area (Å²) in [5.41, 5.74) is 4.94. The number of benzene rings is 1. The van der Waals surface area contributed by atoms with Crippen LogP contribution in [0.1, 0.15) is 77.2 Å². The Labute approximate surface area is 213 Å². The minimum Gasteiger partial charge on any atom is -0.378 e. The number of rotatable bonds is 8. The maximum absolute atomic E-state index is 11.9. The first-order valence-electron chi connectivity index (χ1n) is 13.5. The van der Waals surface area contributed by atoms with E-state index in [0.29, 0.717) is 30.1 Å². The van der Waals surface area contributed by atoms with Crippen LogP contribution in [-0.2, 0) is 9.53 Å². The smallest absolute Gasteiger partial charge is 0.146 e. The molecule has 34 heavy (non-hydrogen) atoms. The predicted molar refractivity (Wildman–Crippen MR) is 145 cm³/mol. The molecule has 6 heteroatoms. The molecule has 0 atom stereocenters. The minimum absolute atomic E-state index is 0. The molecular formula is C28H46ClN3O2. The van der Waals surface area contributed by atoms with Gasteiger partial charge in [0.1, 0.15) is 5.78 Å². The maximum Gasteiger partial charge on any atom is 0.146 e. The van der Waals surface area contributed by atoms with Crippen molar-refractivity contribution in [3.63, 3.8) is 0 Å². The monoisotopic (exact) mass is 491 g/mol. The molecule has 0 unspecified atom stereocenters. The molecule has 3 fully saturated rings. The number of nitrogens with zero attached hydrogens (tertiary/aromatic N) is 3. The van der Waals surface area contributed by atoms with Crippen molar-refractivity contribution < 1.29 is 9.53 Å². The van der Waals surface area contributed by atoms with E-state index in [9.17, 15) is 4.79 Å². The molecule has 192 valence electrons. The van der Waals surface area contributed by atoms with Crippen molar-refractivity contribution in [2.75, 3.05) is 68.8 Å². The summed E-state index contributed by atoms with van der Waals surface area (Å²) in [6, 6.07) is 7.25. The zero-order valence-corrected chi connectivity index (χ0v) is 22.5. The average Bonchev–Trinajstić information content (AvgIpc) is 2.89. The number of Topliss-reactive ketones (excluding diaryl/α,β-unsaturated/α-hetero) is 1. The summed E-state index contributed by atoms with van der Waals surface area (Å²) >= 11 is 0. The molecule has 5 nitrogen and oxygen atoms in total. The van der Waals surface area contributed by atoms with Gasteiger partial charge in [0, 0.05) is 57.1 Å². The number of ether oxygens (including phenoxy) is 1. The summed E-state index contributed by atoms with van der Waals surface area (Å²) < 4.78 is 5.60. The molecule has 0 bridgehead atoms. The number of ketones is 1. The van der Waals surface area contributed by atoms with Crippen molar-refractivity contribution in [3.8, 4) is 0 Å². The standard InChI is InChI=1S/C28H45N3O2.ClH/c1-4-25(32)22-29-13-15-31(16-14-29)27-8-7-24(30-17-19-33-20-18-30)21-26(27)23-9-11-28(5-2,6-3)12-10-23;/h7-8,21,23H,4-6,9-20,22H2,1-3H3;1H. The van der Waals surface area contributed by atoms with Crippen LogP contribution in [0.5, 0.6) is 0 Å². The summed E-state index contributed by atoms with van der Waals surface area (Å²) in [7, 11) is 0. The van der Waals surface area contributed by atoms with E-state index in [2.05, 4.69) is 46.7 Å². The van der Waals surface area contributed by atoms with Crippen LogP contribution >= 0.6 is 12.4 Å². The summed E-state index contributed by atoms with van der Waals surface area (Å²) in [5.74, 6) is 1.02. The maximum atomic E-state index is 11.9. The fourth-order valence-electron chi connectivity index (χ4n) is 6.18. The number of hydrogen-bond donors (Lipinski definition) is 0. The number of carbonyl (C=O) groups is 1. The molecule has 1 aliphatic carbocycles. The molecule has 0 spiro atoms. The average molecular weight is 492 g/mol. The van der Waals surface area contributed by atoms with Gasteiger partial charge in [-0.1, -0.05) is 33.6 Å². The van der Waals surface area contributed by atoms with E-state index < -0.39 is 0 Å². The van der Waals surface area contributed by atoms with Gasteiger partial charge >= 0.3 is 0 Å². The van der Waals surface area contributed by atoms with Gasteiger partial charge in [-0.25, -0.2) is 0 Å². The van der Waals surface area contributed by atoms with Gasteiger partial charge in [0.05, 0.1) is 19.8 Å². The van der Waals surface area contributed by atoms with Crippen LogP contribution in [0.4, 0.5) is 11.4 Å². The van der Waals surface area contributed by atoms with E-state index in [1.165, 1.54) is 49.9 Å². The van der Waals surface area contributed by atoms with Crippen molar-refractivity contribution in [1.82, 2.24) is 4.90 Å². The molecule has 0 aromatic heterocycles. The molecule has 0 radical (unpaired) electrons. The Kier molecular flexibility index (Phi) is 10.1. The van der Waals surface area contributed by atoms with E-state index in [0.717, 1.165) is 52.5 Å². The third kappa shape index (κ3) is 6.27. The second kappa shape index (κ2) is 12.6. The largest absolute Gasteiger partial charge is 0.378 e. The number of morpholine rings is 1. The molecule has 1 aromatic carbocycles. The van der Waals surface area contributed by atoms with Gasteiger partial charge < -0.3 is 14.5 Å². The number of halogens is 1. The Hall–Kier alpha value is -1.30. The molecular weight excluding hydrogens is 446 g/mol. The van der Waals surface area contributed by atoms with Crippen molar-refractivity contribution in [3.05, 3.63) is 23.8 Å². The molecule has 2 saturated heterocycles. The van der Waals surface area contributed by atoms with Crippen molar-refractivity contribution in [2.45, 2.75) is 71.6 Å². The molecule has 3 aliphatic rings. The first kappa shape index (κ1) is 27.3. The molecule has 2 aliphatic heterocycles. The first-order valence-corrected chi connectivity index (χ1v) is 13.5. The van der Waals surface area contributed by atoms with Gasteiger partial charge in [-0.3, -0.25) is 9.69 Å². The first-order chi connectivity index (χ1) is 16.1. The third-order valence-electron chi connectivity index (χ3n) is 8.88. The van der Waals surface area contributed by atoms with Gasteiger partial charge in [-0.2, -0.15) is 0 Å². The highest BCUT2D eigenvalue weighted by molar-refractivity contribution is 5.85. The summed E-state index contributed by atoms with van der Waals surface area (Å²) in [4.78, 5) is 19.3. The lowest BCUT2D eigenvalue weighted by Crippen LogP contribution is -2.48. The van der Waals surface area contributed by atoms with Crippen LogP contribution in [0.25, 0.3) is 0 Å². The minimum atomic E-state index is 0. The van der Waals surface area contributed by atoms with Crippen LogP contribution in [0.15, 0.2) is 18.2 Å². The lowest BCUT2D eigenvalue weighted by molar-refractivity contribution is -0.119. The second-order valence-electron chi connectivity index (χ2n) is 10.5. The van der Waals surface area contributed by atoms with Gasteiger partial charge in [-0.15, -0.1) is 12.4 Å². The van der Waals surface area contributed by atoms with Crippen LogP contribution in [0.2, 0.25) is 0 Å². The van der Waals surface area contributed by atoms with E-state index in [-0.39, 0.29) is 12.4 Å². The quantitative estimate of drug-likeness (QED) is 0.479.